The maximum absolute atomic E-state index is 12.7. The molecule has 0 unspecified atom stereocenters. The second kappa shape index (κ2) is 8.45. The van der Waals surface area contributed by atoms with Crippen molar-refractivity contribution in [3.63, 3.8) is 0 Å². The Hall–Kier alpha value is -1.65. The van der Waals surface area contributed by atoms with Crippen molar-refractivity contribution >= 4 is 5.91 Å². The van der Waals surface area contributed by atoms with Crippen LogP contribution in [0.3, 0.4) is 0 Å². The van der Waals surface area contributed by atoms with E-state index >= 15 is 0 Å². The molecule has 0 aromatic heterocycles. The van der Waals surface area contributed by atoms with E-state index < -0.39 is 0 Å². The molecule has 1 amide bonds. The van der Waals surface area contributed by atoms with Crippen LogP contribution in [-0.2, 0) is 4.79 Å². The Bertz CT molecular complexity index is 488. The standard InChI is InChI=1S/C20H28N2O2/c23-16-19-9-11-22(12-10-19)20(24)15-21(13-17-5-1-2-6-17)14-18-7-3-4-8-18/h1-8,17-19,23H,9-16H2. The van der Waals surface area contributed by atoms with Gasteiger partial charge in [-0.2, -0.15) is 0 Å². The Morgan fingerprint density at radius 3 is 1.92 bits per heavy atom. The molecule has 1 heterocycles. The van der Waals surface area contributed by atoms with Crippen LogP contribution in [0.1, 0.15) is 12.8 Å². The molecule has 0 aromatic carbocycles. The highest BCUT2D eigenvalue weighted by Gasteiger charge is 2.25. The van der Waals surface area contributed by atoms with Gasteiger partial charge in [0.25, 0.3) is 0 Å². The molecule has 24 heavy (non-hydrogen) atoms. The number of allylic oxidation sites excluding steroid dienone is 4. The first-order chi connectivity index (χ1) is 11.7. The highest BCUT2D eigenvalue weighted by molar-refractivity contribution is 5.78. The number of carbonyl (C=O) groups excluding carboxylic acids is 1. The van der Waals surface area contributed by atoms with Gasteiger partial charge < -0.3 is 10.0 Å². The Balaban J connectivity index is 1.54. The molecule has 1 fully saturated rings. The van der Waals surface area contributed by atoms with Gasteiger partial charge in [-0.1, -0.05) is 48.6 Å². The first-order valence-corrected chi connectivity index (χ1v) is 9.05. The van der Waals surface area contributed by atoms with Crippen molar-refractivity contribution in [2.45, 2.75) is 12.8 Å². The number of rotatable bonds is 7. The maximum Gasteiger partial charge on any atom is 0.236 e. The van der Waals surface area contributed by atoms with Crippen molar-refractivity contribution in [3.05, 3.63) is 48.6 Å². The largest absolute Gasteiger partial charge is 0.396 e. The lowest BCUT2D eigenvalue weighted by molar-refractivity contribution is -0.134. The molecule has 4 nitrogen and oxygen atoms in total. The first-order valence-electron chi connectivity index (χ1n) is 9.05. The van der Waals surface area contributed by atoms with E-state index in [9.17, 15) is 9.90 Å². The van der Waals surface area contributed by atoms with Gasteiger partial charge in [0.15, 0.2) is 0 Å². The van der Waals surface area contributed by atoms with Crippen LogP contribution >= 0.6 is 0 Å². The minimum atomic E-state index is 0.225. The summed E-state index contributed by atoms with van der Waals surface area (Å²) in [7, 11) is 0. The molecule has 0 radical (unpaired) electrons. The average Bonchev–Trinajstić information content (AvgIpc) is 3.29. The summed E-state index contributed by atoms with van der Waals surface area (Å²) in [4.78, 5) is 17.0. The molecule has 3 aliphatic rings. The van der Waals surface area contributed by atoms with Gasteiger partial charge >= 0.3 is 0 Å². The van der Waals surface area contributed by atoms with Gasteiger partial charge in [-0.25, -0.2) is 0 Å². The van der Waals surface area contributed by atoms with Crippen molar-refractivity contribution in [2.24, 2.45) is 17.8 Å². The van der Waals surface area contributed by atoms with Crippen molar-refractivity contribution in [2.75, 3.05) is 39.3 Å². The summed E-state index contributed by atoms with van der Waals surface area (Å²) in [6, 6.07) is 0. The molecule has 130 valence electrons. The lowest BCUT2D eigenvalue weighted by Crippen LogP contribution is -2.46. The maximum atomic E-state index is 12.7. The van der Waals surface area contributed by atoms with E-state index in [0.29, 0.717) is 24.3 Å². The van der Waals surface area contributed by atoms with Crippen molar-refractivity contribution in [1.82, 2.24) is 9.80 Å². The third kappa shape index (κ3) is 4.68. The fraction of sp³-hybridized carbons (Fsp3) is 0.550. The Kier molecular flexibility index (Phi) is 6.05. The zero-order chi connectivity index (χ0) is 16.8. The quantitative estimate of drug-likeness (QED) is 0.777. The minimum absolute atomic E-state index is 0.225. The van der Waals surface area contributed by atoms with Gasteiger partial charge in [-0.3, -0.25) is 9.69 Å². The van der Waals surface area contributed by atoms with E-state index in [1.54, 1.807) is 0 Å². The van der Waals surface area contributed by atoms with Crippen molar-refractivity contribution < 1.29 is 9.90 Å². The summed E-state index contributed by atoms with van der Waals surface area (Å²) < 4.78 is 0. The molecular weight excluding hydrogens is 300 g/mol. The molecule has 1 saturated heterocycles. The second-order valence-electron chi connectivity index (χ2n) is 7.07. The Morgan fingerprint density at radius 2 is 1.46 bits per heavy atom. The summed E-state index contributed by atoms with van der Waals surface area (Å²) in [6.45, 7) is 4.08. The van der Waals surface area contributed by atoms with Crippen LogP contribution in [0.15, 0.2) is 48.6 Å². The molecule has 0 aromatic rings. The van der Waals surface area contributed by atoms with Gasteiger partial charge in [-0.15, -0.1) is 0 Å². The predicted octanol–water partition coefficient (Wildman–Crippen LogP) is 2.00. The minimum Gasteiger partial charge on any atom is -0.396 e. The molecule has 0 spiro atoms. The number of likely N-dealkylation sites (tertiary alicyclic amines) is 1. The van der Waals surface area contributed by atoms with E-state index in [1.165, 1.54) is 0 Å². The van der Waals surface area contributed by atoms with Crippen LogP contribution in [0.4, 0.5) is 0 Å². The first kappa shape index (κ1) is 17.2. The van der Waals surface area contributed by atoms with Crippen LogP contribution in [0, 0.1) is 17.8 Å². The molecule has 3 rings (SSSR count). The van der Waals surface area contributed by atoms with Gasteiger partial charge in [-0.05, 0) is 18.8 Å². The molecule has 2 aliphatic carbocycles. The van der Waals surface area contributed by atoms with E-state index in [1.807, 2.05) is 4.90 Å². The monoisotopic (exact) mass is 328 g/mol. The summed E-state index contributed by atoms with van der Waals surface area (Å²) in [5.41, 5.74) is 0. The smallest absolute Gasteiger partial charge is 0.236 e. The number of aliphatic hydroxyl groups excluding tert-OH is 1. The van der Waals surface area contributed by atoms with Gasteiger partial charge in [0.05, 0.1) is 6.54 Å². The van der Waals surface area contributed by atoms with E-state index in [2.05, 4.69) is 53.5 Å². The fourth-order valence-electron chi connectivity index (χ4n) is 3.66. The summed E-state index contributed by atoms with van der Waals surface area (Å²) >= 11 is 0. The van der Waals surface area contributed by atoms with Crippen LogP contribution in [0.2, 0.25) is 0 Å². The number of carbonyl (C=O) groups is 1. The molecular formula is C20H28N2O2. The predicted molar refractivity (Wildman–Crippen MR) is 96.4 cm³/mol. The van der Waals surface area contributed by atoms with Crippen LogP contribution in [0.25, 0.3) is 0 Å². The van der Waals surface area contributed by atoms with Crippen LogP contribution in [0.5, 0.6) is 0 Å². The van der Waals surface area contributed by atoms with Crippen molar-refractivity contribution in [1.29, 1.82) is 0 Å². The number of nitrogens with zero attached hydrogens (tertiary/aromatic N) is 2. The SMILES string of the molecule is O=C(CN(CC1C=CC=C1)CC1C=CC=C1)N1CCC(CO)CC1. The van der Waals surface area contributed by atoms with Gasteiger partial charge in [0.1, 0.15) is 0 Å². The summed E-state index contributed by atoms with van der Waals surface area (Å²) in [5, 5.41) is 9.24. The van der Waals surface area contributed by atoms with E-state index in [4.69, 9.17) is 0 Å². The van der Waals surface area contributed by atoms with E-state index in [-0.39, 0.29) is 12.5 Å². The summed E-state index contributed by atoms with van der Waals surface area (Å²) in [6.07, 6.45) is 19.0. The zero-order valence-electron chi connectivity index (χ0n) is 14.3. The summed E-state index contributed by atoms with van der Waals surface area (Å²) in [5.74, 6) is 1.41. The molecule has 4 heteroatoms. The number of hydrogen-bond acceptors (Lipinski definition) is 3. The molecule has 0 bridgehead atoms. The van der Waals surface area contributed by atoms with Crippen LogP contribution < -0.4 is 0 Å². The lowest BCUT2D eigenvalue weighted by atomic mass is 9.98. The number of aliphatic hydroxyl groups is 1. The number of amides is 1. The fourth-order valence-corrected chi connectivity index (χ4v) is 3.66. The Labute approximate surface area is 144 Å². The van der Waals surface area contributed by atoms with Gasteiger partial charge in [0.2, 0.25) is 5.91 Å². The molecule has 1 N–H and O–H groups in total. The second-order valence-corrected chi connectivity index (χ2v) is 7.07. The molecule has 0 saturated carbocycles. The highest BCUT2D eigenvalue weighted by Crippen LogP contribution is 2.18. The molecule has 0 atom stereocenters. The normalized spacial score (nSPS) is 21.7. The zero-order valence-corrected chi connectivity index (χ0v) is 14.3. The van der Waals surface area contributed by atoms with Crippen molar-refractivity contribution in [3.8, 4) is 0 Å². The Morgan fingerprint density at radius 1 is 0.958 bits per heavy atom. The number of piperidine rings is 1. The van der Waals surface area contributed by atoms with E-state index in [0.717, 1.165) is 39.0 Å². The average molecular weight is 328 g/mol. The third-order valence-corrected chi connectivity index (χ3v) is 5.18. The number of hydrogen-bond donors (Lipinski definition) is 1. The topological polar surface area (TPSA) is 43.8 Å². The lowest BCUT2D eigenvalue weighted by Gasteiger charge is -2.33. The molecule has 1 aliphatic heterocycles. The highest BCUT2D eigenvalue weighted by atomic mass is 16.3. The third-order valence-electron chi connectivity index (χ3n) is 5.18. The van der Waals surface area contributed by atoms with Gasteiger partial charge in [0, 0.05) is 44.6 Å². The van der Waals surface area contributed by atoms with Crippen LogP contribution in [-0.4, -0.2) is 60.1 Å².